The number of aromatic hydroxyl groups is 1. The average Bonchev–Trinajstić information content (AvgIpc) is 3.31. The van der Waals surface area contributed by atoms with E-state index in [0.29, 0.717) is 41.4 Å². The van der Waals surface area contributed by atoms with E-state index in [1.54, 1.807) is 24.3 Å². The van der Waals surface area contributed by atoms with Gasteiger partial charge in [-0.15, -0.1) is 10.2 Å². The number of hydrogen-bond donors (Lipinski definition) is 1. The van der Waals surface area contributed by atoms with Crippen LogP contribution in [0.5, 0.6) is 17.2 Å². The van der Waals surface area contributed by atoms with Gasteiger partial charge >= 0.3 is 0 Å². The van der Waals surface area contributed by atoms with Crippen LogP contribution in [0.2, 0.25) is 5.02 Å². The molecule has 0 fully saturated rings. The van der Waals surface area contributed by atoms with Crippen molar-refractivity contribution in [2.75, 3.05) is 6.79 Å². The van der Waals surface area contributed by atoms with Crippen molar-refractivity contribution >= 4 is 11.6 Å². The summed E-state index contributed by atoms with van der Waals surface area (Å²) in [5, 5.41) is 19.3. The first-order valence-corrected chi connectivity index (χ1v) is 9.31. The predicted octanol–water partition coefficient (Wildman–Crippen LogP) is 4.23. The third-order valence-corrected chi connectivity index (χ3v) is 4.83. The summed E-state index contributed by atoms with van der Waals surface area (Å²) in [5.41, 5.74) is 1.56. The van der Waals surface area contributed by atoms with Crippen LogP contribution in [0.1, 0.15) is 25.3 Å². The number of rotatable bonds is 6. The summed E-state index contributed by atoms with van der Waals surface area (Å²) < 4.78 is 16.5. The van der Waals surface area contributed by atoms with E-state index in [4.69, 9.17) is 25.5 Å². The molecular weight excluding hydrogens is 382 g/mol. The van der Waals surface area contributed by atoms with Gasteiger partial charge in [0.25, 0.3) is 0 Å². The Balaban J connectivity index is 1.51. The lowest BCUT2D eigenvalue weighted by molar-refractivity contribution is 0.173. The van der Waals surface area contributed by atoms with Crippen molar-refractivity contribution in [1.29, 1.82) is 0 Å². The molecule has 2 aromatic carbocycles. The first-order chi connectivity index (χ1) is 13.5. The zero-order valence-corrected chi connectivity index (χ0v) is 16.3. The van der Waals surface area contributed by atoms with E-state index in [9.17, 15) is 5.11 Å². The number of phenolic OH excluding ortho intramolecular Hbond substituents is 1. The van der Waals surface area contributed by atoms with E-state index in [1.807, 2.05) is 12.1 Å². The van der Waals surface area contributed by atoms with Crippen molar-refractivity contribution in [2.45, 2.75) is 33.0 Å². The fourth-order valence-corrected chi connectivity index (χ4v) is 3.07. The maximum atomic E-state index is 10.3. The first kappa shape index (κ1) is 18.6. The minimum atomic E-state index is 0.168. The highest BCUT2D eigenvalue weighted by molar-refractivity contribution is 6.30. The molecule has 0 spiro atoms. The van der Waals surface area contributed by atoms with Crippen LogP contribution in [-0.2, 0) is 13.1 Å². The summed E-state index contributed by atoms with van der Waals surface area (Å²) in [5.74, 6) is 2.31. The largest absolute Gasteiger partial charge is 0.507 e. The average molecular weight is 402 g/mol. The van der Waals surface area contributed by atoms with Gasteiger partial charge < -0.3 is 19.0 Å². The molecule has 1 aliphatic heterocycles. The Hall–Kier alpha value is -2.77. The highest BCUT2D eigenvalue weighted by Crippen LogP contribution is 2.38. The molecule has 0 amide bonds. The smallest absolute Gasteiger partial charge is 0.247 e. The van der Waals surface area contributed by atoms with Crippen LogP contribution < -0.4 is 9.47 Å². The van der Waals surface area contributed by atoms with Crippen LogP contribution in [0.25, 0.3) is 11.5 Å². The number of aromatic nitrogens is 2. The minimum absolute atomic E-state index is 0.168. The van der Waals surface area contributed by atoms with Crippen LogP contribution in [0.15, 0.2) is 40.8 Å². The molecule has 0 radical (unpaired) electrons. The monoisotopic (exact) mass is 401 g/mol. The molecule has 7 nitrogen and oxygen atoms in total. The Bertz CT molecular complexity index is 972. The summed E-state index contributed by atoms with van der Waals surface area (Å²) in [6.45, 7) is 5.26. The number of hydrogen-bond acceptors (Lipinski definition) is 7. The second-order valence-electron chi connectivity index (χ2n) is 6.84. The molecule has 0 saturated heterocycles. The summed E-state index contributed by atoms with van der Waals surface area (Å²) >= 11 is 5.92. The molecule has 146 valence electrons. The lowest BCUT2D eigenvalue weighted by Gasteiger charge is -2.25. The Morgan fingerprint density at radius 3 is 2.50 bits per heavy atom. The molecular formula is C20H20ClN3O4. The number of fused-ring (bicyclic) bond motifs is 1. The van der Waals surface area contributed by atoms with Crippen molar-refractivity contribution in [3.05, 3.63) is 52.9 Å². The van der Waals surface area contributed by atoms with Crippen molar-refractivity contribution in [3.63, 3.8) is 0 Å². The SMILES string of the molecule is CC(C)N(Cc1nnc(-c2ccc(Cl)cc2)o1)Cc1cc2c(cc1O)OCO2. The molecule has 1 aliphatic rings. The van der Waals surface area contributed by atoms with Crippen LogP contribution in [0, 0.1) is 0 Å². The van der Waals surface area contributed by atoms with Gasteiger partial charge in [-0.3, -0.25) is 4.90 Å². The van der Waals surface area contributed by atoms with Crippen molar-refractivity contribution in [3.8, 4) is 28.7 Å². The highest BCUT2D eigenvalue weighted by atomic mass is 35.5. The fraction of sp³-hybridized carbons (Fsp3) is 0.300. The number of benzene rings is 2. The lowest BCUT2D eigenvalue weighted by Crippen LogP contribution is -2.30. The van der Waals surface area contributed by atoms with E-state index >= 15 is 0 Å². The number of halogens is 1. The van der Waals surface area contributed by atoms with Crippen molar-refractivity contribution < 1.29 is 19.0 Å². The minimum Gasteiger partial charge on any atom is -0.507 e. The number of ether oxygens (including phenoxy) is 2. The molecule has 0 aliphatic carbocycles. The highest BCUT2D eigenvalue weighted by Gasteiger charge is 2.21. The molecule has 1 N–H and O–H groups in total. The zero-order chi connectivity index (χ0) is 19.7. The van der Waals surface area contributed by atoms with Gasteiger partial charge in [0.2, 0.25) is 18.6 Å². The third kappa shape index (κ3) is 3.90. The van der Waals surface area contributed by atoms with E-state index in [1.165, 1.54) is 0 Å². The molecule has 0 bridgehead atoms. The number of phenols is 1. The van der Waals surface area contributed by atoms with Gasteiger partial charge in [-0.1, -0.05) is 11.6 Å². The van der Waals surface area contributed by atoms with Crippen LogP contribution >= 0.6 is 11.6 Å². The molecule has 0 saturated carbocycles. The molecule has 2 heterocycles. The van der Waals surface area contributed by atoms with E-state index in [0.717, 1.165) is 11.1 Å². The normalized spacial score (nSPS) is 12.9. The van der Waals surface area contributed by atoms with E-state index in [-0.39, 0.29) is 18.6 Å². The Labute approximate surface area is 167 Å². The van der Waals surface area contributed by atoms with Crippen LogP contribution in [0.4, 0.5) is 0 Å². The molecule has 8 heteroatoms. The van der Waals surface area contributed by atoms with Gasteiger partial charge in [-0.25, -0.2) is 0 Å². The third-order valence-electron chi connectivity index (χ3n) is 4.57. The van der Waals surface area contributed by atoms with Gasteiger partial charge in [0.05, 0.1) is 6.54 Å². The van der Waals surface area contributed by atoms with Gasteiger partial charge in [-0.2, -0.15) is 0 Å². The Kier molecular flexibility index (Phi) is 5.11. The zero-order valence-electron chi connectivity index (χ0n) is 15.6. The summed E-state index contributed by atoms with van der Waals surface area (Å²) in [6.07, 6.45) is 0. The molecule has 3 aromatic rings. The van der Waals surface area contributed by atoms with Gasteiger partial charge in [0, 0.05) is 34.8 Å². The predicted molar refractivity (Wildman–Crippen MR) is 103 cm³/mol. The lowest BCUT2D eigenvalue weighted by atomic mass is 10.1. The summed E-state index contributed by atoms with van der Waals surface area (Å²) in [4.78, 5) is 2.12. The summed E-state index contributed by atoms with van der Waals surface area (Å²) in [7, 11) is 0. The molecule has 28 heavy (non-hydrogen) atoms. The topological polar surface area (TPSA) is 80.9 Å². The van der Waals surface area contributed by atoms with Gasteiger partial charge in [0.1, 0.15) is 5.75 Å². The molecule has 0 atom stereocenters. The second-order valence-corrected chi connectivity index (χ2v) is 7.28. The Morgan fingerprint density at radius 2 is 1.79 bits per heavy atom. The first-order valence-electron chi connectivity index (χ1n) is 8.93. The van der Waals surface area contributed by atoms with Crippen molar-refractivity contribution in [2.24, 2.45) is 0 Å². The van der Waals surface area contributed by atoms with Gasteiger partial charge in [-0.05, 0) is 44.2 Å². The maximum Gasteiger partial charge on any atom is 0.247 e. The Morgan fingerprint density at radius 1 is 1.07 bits per heavy atom. The van der Waals surface area contributed by atoms with E-state index < -0.39 is 0 Å². The molecule has 4 rings (SSSR count). The molecule has 1 aromatic heterocycles. The van der Waals surface area contributed by atoms with Gasteiger partial charge in [0.15, 0.2) is 11.5 Å². The van der Waals surface area contributed by atoms with E-state index in [2.05, 4.69) is 28.9 Å². The van der Waals surface area contributed by atoms with Crippen LogP contribution in [0.3, 0.4) is 0 Å². The second kappa shape index (κ2) is 7.69. The number of nitrogens with zero attached hydrogens (tertiary/aromatic N) is 3. The van der Waals surface area contributed by atoms with Crippen molar-refractivity contribution in [1.82, 2.24) is 15.1 Å². The fourth-order valence-electron chi connectivity index (χ4n) is 2.94. The summed E-state index contributed by atoms with van der Waals surface area (Å²) in [6, 6.07) is 10.8. The van der Waals surface area contributed by atoms with Crippen LogP contribution in [-0.4, -0.2) is 33.0 Å². The standard InChI is InChI=1S/C20H20ClN3O4/c1-12(2)24(9-14-7-17-18(8-16(14)25)27-11-26-17)10-19-22-23-20(28-19)13-3-5-15(21)6-4-13/h3-8,12,25H,9-11H2,1-2H3. The maximum absolute atomic E-state index is 10.3. The quantitative estimate of drug-likeness (QED) is 0.661. The molecule has 0 unspecified atom stereocenters.